The molecule has 0 radical (unpaired) electrons. The van der Waals surface area contributed by atoms with Crippen molar-refractivity contribution >= 4 is 5.97 Å². The van der Waals surface area contributed by atoms with Crippen molar-refractivity contribution in [3.63, 3.8) is 0 Å². The first-order valence-electron chi connectivity index (χ1n) is 8.63. The van der Waals surface area contributed by atoms with Crippen molar-refractivity contribution in [1.29, 1.82) is 0 Å². The lowest BCUT2D eigenvalue weighted by atomic mass is 10.0. The molecule has 0 fully saturated rings. The summed E-state index contributed by atoms with van der Waals surface area (Å²) < 4.78 is 0. The summed E-state index contributed by atoms with van der Waals surface area (Å²) in [6, 6.07) is 0. The Morgan fingerprint density at radius 1 is 0.696 bits per heavy atom. The summed E-state index contributed by atoms with van der Waals surface area (Å²) in [6.45, 7) is 10.7. The highest BCUT2D eigenvalue weighted by molar-refractivity contribution is 5.68. The number of hydrogen-bond acceptors (Lipinski definition) is 1. The van der Waals surface area contributed by atoms with Crippen LogP contribution < -0.4 is 0 Å². The van der Waals surface area contributed by atoms with Gasteiger partial charge in [-0.1, -0.05) is 46.6 Å². The Morgan fingerprint density at radius 2 is 1.09 bits per heavy atom. The van der Waals surface area contributed by atoms with E-state index < -0.39 is 5.97 Å². The molecule has 2 heteroatoms. The van der Waals surface area contributed by atoms with Crippen molar-refractivity contribution in [3.8, 4) is 0 Å². The Labute approximate surface area is 142 Å². The molecule has 0 spiro atoms. The molecule has 0 bridgehead atoms. The summed E-state index contributed by atoms with van der Waals surface area (Å²) in [6.07, 6.45) is 15.3. The molecule has 0 atom stereocenters. The van der Waals surface area contributed by atoms with Crippen molar-refractivity contribution in [3.05, 3.63) is 46.6 Å². The summed E-state index contributed by atoms with van der Waals surface area (Å²) in [4.78, 5) is 10.5. The molecule has 0 aliphatic heterocycles. The Balaban J connectivity index is 4.00. The largest absolute Gasteiger partial charge is 0.481 e. The monoisotopic (exact) mass is 318 g/mol. The molecule has 0 amide bonds. The van der Waals surface area contributed by atoms with Crippen molar-refractivity contribution in [2.75, 3.05) is 0 Å². The minimum atomic E-state index is -0.761. The summed E-state index contributed by atoms with van der Waals surface area (Å²) in [5, 5.41) is 8.63. The van der Waals surface area contributed by atoms with Crippen LogP contribution in [0.15, 0.2) is 46.6 Å². The van der Waals surface area contributed by atoms with Gasteiger partial charge < -0.3 is 5.11 Å². The van der Waals surface area contributed by atoms with Gasteiger partial charge in [-0.25, -0.2) is 0 Å². The van der Waals surface area contributed by atoms with Gasteiger partial charge in [0.1, 0.15) is 0 Å². The number of carbonyl (C=O) groups is 1. The Hall–Kier alpha value is -1.57. The molecule has 0 aromatic rings. The maximum atomic E-state index is 10.5. The molecule has 0 aliphatic carbocycles. The molecule has 2 nitrogen and oxygen atoms in total. The molecule has 0 aromatic heterocycles. The van der Waals surface area contributed by atoms with Gasteiger partial charge in [0.15, 0.2) is 0 Å². The van der Waals surface area contributed by atoms with E-state index in [2.05, 4.69) is 45.9 Å². The quantitative estimate of drug-likeness (QED) is 0.435. The van der Waals surface area contributed by atoms with Crippen LogP contribution in [0, 0.1) is 0 Å². The summed E-state index contributed by atoms with van der Waals surface area (Å²) in [7, 11) is 0. The lowest BCUT2D eigenvalue weighted by Gasteiger charge is -2.02. The smallest absolute Gasteiger partial charge is 0.307 e. The van der Waals surface area contributed by atoms with Crippen LogP contribution in [0.25, 0.3) is 0 Å². The van der Waals surface area contributed by atoms with Crippen LogP contribution in [-0.4, -0.2) is 11.1 Å². The zero-order chi connectivity index (χ0) is 17.7. The van der Waals surface area contributed by atoms with Gasteiger partial charge in [0, 0.05) is 0 Å². The molecule has 0 saturated heterocycles. The molecular weight excluding hydrogens is 284 g/mol. The van der Waals surface area contributed by atoms with E-state index in [9.17, 15) is 4.79 Å². The molecule has 130 valence electrons. The second-order valence-electron chi connectivity index (χ2n) is 6.65. The first kappa shape index (κ1) is 21.4. The second kappa shape index (κ2) is 12.9. The van der Waals surface area contributed by atoms with Crippen LogP contribution in [0.5, 0.6) is 0 Å². The van der Waals surface area contributed by atoms with Gasteiger partial charge in [0.05, 0.1) is 6.42 Å². The van der Waals surface area contributed by atoms with Gasteiger partial charge in [-0.05, 0) is 73.1 Å². The first-order chi connectivity index (χ1) is 10.8. The third-order valence-corrected chi connectivity index (χ3v) is 3.78. The minimum Gasteiger partial charge on any atom is -0.481 e. The average Bonchev–Trinajstić information content (AvgIpc) is 2.44. The van der Waals surface area contributed by atoms with Crippen LogP contribution in [0.1, 0.15) is 79.6 Å². The predicted octanol–water partition coefficient (Wildman–Crippen LogP) is 6.61. The molecule has 0 unspecified atom stereocenters. The summed E-state index contributed by atoms with van der Waals surface area (Å²) in [5.41, 5.74) is 5.45. The van der Waals surface area contributed by atoms with E-state index in [1.165, 1.54) is 16.7 Å². The van der Waals surface area contributed by atoms with Gasteiger partial charge in [-0.2, -0.15) is 0 Å². The lowest BCUT2D eigenvalue weighted by molar-refractivity contribution is -0.136. The first-order valence-corrected chi connectivity index (χ1v) is 8.63. The van der Waals surface area contributed by atoms with Crippen molar-refractivity contribution in [1.82, 2.24) is 0 Å². The second-order valence-corrected chi connectivity index (χ2v) is 6.65. The summed E-state index contributed by atoms with van der Waals surface area (Å²) in [5.74, 6) is -0.761. The van der Waals surface area contributed by atoms with Crippen LogP contribution in [0.3, 0.4) is 0 Å². The number of hydrogen-bond donors (Lipinski definition) is 1. The van der Waals surface area contributed by atoms with E-state index in [-0.39, 0.29) is 6.42 Å². The molecule has 23 heavy (non-hydrogen) atoms. The van der Waals surface area contributed by atoms with Gasteiger partial charge in [0.25, 0.3) is 0 Å². The van der Waals surface area contributed by atoms with E-state index in [4.69, 9.17) is 5.11 Å². The van der Waals surface area contributed by atoms with E-state index in [0.717, 1.165) is 44.1 Å². The maximum absolute atomic E-state index is 10.5. The van der Waals surface area contributed by atoms with Gasteiger partial charge in [-0.3, -0.25) is 4.79 Å². The highest BCUT2D eigenvalue weighted by Gasteiger charge is 1.95. The third kappa shape index (κ3) is 15.1. The van der Waals surface area contributed by atoms with Crippen molar-refractivity contribution in [2.45, 2.75) is 79.6 Å². The number of carboxylic acid groups (broad SMARTS) is 1. The molecule has 0 rings (SSSR count). The standard InChI is InChI=1S/C21H34O2/c1-17(2)9-6-10-18(3)11-7-12-19(4)13-8-14-20(5)15-16-21(22)23/h9,11,13,15H,6-8,10,12,14,16H2,1-5H3,(H,22,23). The van der Waals surface area contributed by atoms with E-state index in [1.807, 2.05) is 13.0 Å². The summed E-state index contributed by atoms with van der Waals surface area (Å²) >= 11 is 0. The number of rotatable bonds is 11. The molecule has 0 aliphatic rings. The fourth-order valence-electron chi connectivity index (χ4n) is 2.25. The highest BCUT2D eigenvalue weighted by atomic mass is 16.4. The number of carboxylic acids is 1. The van der Waals surface area contributed by atoms with E-state index in [0.29, 0.717) is 0 Å². The highest BCUT2D eigenvalue weighted by Crippen LogP contribution is 2.13. The molecule has 0 heterocycles. The predicted molar refractivity (Wildman–Crippen MR) is 101 cm³/mol. The SMILES string of the molecule is CC(C)=CCCC(C)=CCCC(C)=CCCC(C)=CCC(=O)O. The maximum Gasteiger partial charge on any atom is 0.307 e. The Morgan fingerprint density at radius 3 is 1.48 bits per heavy atom. The normalized spacial score (nSPS) is 13.2. The Bertz CT molecular complexity index is 472. The van der Waals surface area contributed by atoms with E-state index in [1.54, 1.807) is 0 Å². The fraction of sp³-hybridized carbons (Fsp3) is 0.571. The number of allylic oxidation sites excluding steroid dienone is 7. The minimum absolute atomic E-state index is 0.130. The van der Waals surface area contributed by atoms with Gasteiger partial charge in [-0.15, -0.1) is 0 Å². The van der Waals surface area contributed by atoms with Crippen molar-refractivity contribution in [2.24, 2.45) is 0 Å². The van der Waals surface area contributed by atoms with E-state index >= 15 is 0 Å². The van der Waals surface area contributed by atoms with Gasteiger partial charge >= 0.3 is 5.97 Å². The fourth-order valence-corrected chi connectivity index (χ4v) is 2.25. The third-order valence-electron chi connectivity index (χ3n) is 3.78. The molecule has 0 saturated carbocycles. The average molecular weight is 319 g/mol. The van der Waals surface area contributed by atoms with Crippen LogP contribution in [0.4, 0.5) is 0 Å². The van der Waals surface area contributed by atoms with Crippen LogP contribution in [-0.2, 0) is 4.79 Å². The van der Waals surface area contributed by atoms with Crippen molar-refractivity contribution < 1.29 is 9.90 Å². The zero-order valence-corrected chi connectivity index (χ0v) is 15.6. The zero-order valence-electron chi connectivity index (χ0n) is 15.6. The molecule has 1 N–H and O–H groups in total. The topological polar surface area (TPSA) is 37.3 Å². The van der Waals surface area contributed by atoms with Crippen LogP contribution >= 0.6 is 0 Å². The molecular formula is C21H34O2. The molecule has 0 aromatic carbocycles. The van der Waals surface area contributed by atoms with Gasteiger partial charge in [0.2, 0.25) is 0 Å². The van der Waals surface area contributed by atoms with Crippen LogP contribution in [0.2, 0.25) is 0 Å². The Kier molecular flexibility index (Phi) is 12.0. The lowest BCUT2D eigenvalue weighted by Crippen LogP contribution is -1.91. The number of aliphatic carboxylic acids is 1.